The Morgan fingerprint density at radius 3 is 2.33 bits per heavy atom. The first kappa shape index (κ1) is 15.6. The maximum Gasteiger partial charge on any atom is 0.416 e. The lowest BCUT2D eigenvalue weighted by molar-refractivity contribution is -0.137. The maximum absolute atomic E-state index is 12.6. The van der Waals surface area contributed by atoms with E-state index >= 15 is 0 Å². The van der Waals surface area contributed by atoms with Crippen LogP contribution < -0.4 is 5.32 Å². The molecule has 3 nitrogen and oxygen atoms in total. The molecule has 2 rings (SSSR count). The zero-order chi connectivity index (χ0) is 15.5. The van der Waals surface area contributed by atoms with Crippen LogP contribution in [0.4, 0.5) is 13.2 Å². The van der Waals surface area contributed by atoms with Gasteiger partial charge in [0.1, 0.15) is 0 Å². The second-order valence-corrected chi connectivity index (χ2v) is 4.89. The first-order chi connectivity index (χ1) is 9.93. The van der Waals surface area contributed by atoms with Gasteiger partial charge in [-0.25, -0.2) is 0 Å². The number of alkyl halides is 3. The maximum atomic E-state index is 12.6. The fraction of sp³-hybridized carbons (Fsp3) is 0.400. The van der Waals surface area contributed by atoms with Crippen molar-refractivity contribution in [1.82, 2.24) is 15.1 Å². The van der Waals surface area contributed by atoms with E-state index in [0.29, 0.717) is 0 Å². The van der Waals surface area contributed by atoms with Gasteiger partial charge in [-0.15, -0.1) is 0 Å². The highest BCUT2D eigenvalue weighted by molar-refractivity contribution is 5.31. The van der Waals surface area contributed by atoms with Gasteiger partial charge in [0, 0.05) is 13.2 Å². The van der Waals surface area contributed by atoms with Gasteiger partial charge >= 0.3 is 6.18 Å². The third-order valence-electron chi connectivity index (χ3n) is 3.32. The van der Waals surface area contributed by atoms with Crippen molar-refractivity contribution in [2.24, 2.45) is 7.05 Å². The van der Waals surface area contributed by atoms with Crippen molar-refractivity contribution in [3.63, 3.8) is 0 Å². The minimum absolute atomic E-state index is 0.167. The summed E-state index contributed by atoms with van der Waals surface area (Å²) < 4.78 is 39.6. The average molecular weight is 297 g/mol. The Balaban J connectivity index is 2.31. The lowest BCUT2D eigenvalue weighted by Gasteiger charge is -2.20. The molecule has 1 aromatic carbocycles. The van der Waals surface area contributed by atoms with Gasteiger partial charge in [-0.05, 0) is 36.7 Å². The van der Waals surface area contributed by atoms with E-state index in [0.717, 1.165) is 36.4 Å². The van der Waals surface area contributed by atoms with Crippen LogP contribution >= 0.6 is 0 Å². The van der Waals surface area contributed by atoms with Crippen LogP contribution in [0.3, 0.4) is 0 Å². The van der Waals surface area contributed by atoms with Crippen LogP contribution in [-0.2, 0) is 13.2 Å². The van der Waals surface area contributed by atoms with Gasteiger partial charge in [0.15, 0.2) is 0 Å². The van der Waals surface area contributed by atoms with E-state index < -0.39 is 11.7 Å². The number of halogens is 3. The summed E-state index contributed by atoms with van der Waals surface area (Å²) in [5, 5.41) is 7.47. The third-order valence-corrected chi connectivity index (χ3v) is 3.32. The van der Waals surface area contributed by atoms with Crippen molar-refractivity contribution < 1.29 is 13.2 Å². The Bertz CT molecular complexity index is 573. The summed E-state index contributed by atoms with van der Waals surface area (Å²) >= 11 is 0. The molecule has 6 heteroatoms. The van der Waals surface area contributed by atoms with Crippen molar-refractivity contribution in [2.75, 3.05) is 6.54 Å². The smallest absolute Gasteiger partial charge is 0.305 e. The van der Waals surface area contributed by atoms with Crippen LogP contribution in [0.2, 0.25) is 0 Å². The Morgan fingerprint density at radius 2 is 1.86 bits per heavy atom. The van der Waals surface area contributed by atoms with Crippen molar-refractivity contribution in [2.45, 2.75) is 25.6 Å². The molecule has 1 unspecified atom stereocenters. The van der Waals surface area contributed by atoms with Crippen molar-refractivity contribution in [3.05, 3.63) is 53.3 Å². The van der Waals surface area contributed by atoms with Gasteiger partial charge in [-0.3, -0.25) is 4.68 Å². The molecule has 0 spiro atoms. The standard InChI is InChI=1S/C15H18F3N3/c1-3-9-19-14(13-8-10-20-21(13)2)11-4-6-12(7-5-11)15(16,17)18/h4-8,10,14,19H,3,9H2,1-2H3. The topological polar surface area (TPSA) is 29.9 Å². The van der Waals surface area contributed by atoms with Crippen molar-refractivity contribution in [3.8, 4) is 0 Å². The number of nitrogens with one attached hydrogen (secondary N) is 1. The zero-order valence-corrected chi connectivity index (χ0v) is 12.0. The van der Waals surface area contributed by atoms with Gasteiger partial charge in [-0.1, -0.05) is 19.1 Å². The van der Waals surface area contributed by atoms with Crippen LogP contribution in [0.25, 0.3) is 0 Å². The highest BCUT2D eigenvalue weighted by atomic mass is 19.4. The Labute approximate surface area is 121 Å². The Kier molecular flexibility index (Phi) is 4.67. The molecule has 1 heterocycles. The lowest BCUT2D eigenvalue weighted by Crippen LogP contribution is -2.25. The highest BCUT2D eigenvalue weighted by Crippen LogP contribution is 2.30. The molecule has 1 atom stereocenters. The largest absolute Gasteiger partial charge is 0.416 e. The lowest BCUT2D eigenvalue weighted by atomic mass is 10.0. The van der Waals surface area contributed by atoms with Gasteiger partial charge in [0.05, 0.1) is 17.3 Å². The molecular formula is C15H18F3N3. The van der Waals surface area contributed by atoms with E-state index in [-0.39, 0.29) is 6.04 Å². The zero-order valence-electron chi connectivity index (χ0n) is 12.0. The third kappa shape index (κ3) is 3.64. The van der Waals surface area contributed by atoms with E-state index in [1.807, 2.05) is 20.0 Å². The summed E-state index contributed by atoms with van der Waals surface area (Å²) in [5.41, 5.74) is 1.08. The second kappa shape index (κ2) is 6.30. The molecule has 0 aliphatic heterocycles. The van der Waals surface area contributed by atoms with Crippen LogP contribution in [0, 0.1) is 0 Å². The van der Waals surface area contributed by atoms with E-state index in [4.69, 9.17) is 0 Å². The number of rotatable bonds is 5. The van der Waals surface area contributed by atoms with Crippen molar-refractivity contribution in [1.29, 1.82) is 0 Å². The van der Waals surface area contributed by atoms with Crippen LogP contribution in [0.1, 0.15) is 36.2 Å². The van der Waals surface area contributed by atoms with Crippen molar-refractivity contribution >= 4 is 0 Å². The van der Waals surface area contributed by atoms with Crippen LogP contribution in [-0.4, -0.2) is 16.3 Å². The number of hydrogen-bond acceptors (Lipinski definition) is 2. The quantitative estimate of drug-likeness (QED) is 0.915. The predicted molar refractivity (Wildman–Crippen MR) is 74.8 cm³/mol. The summed E-state index contributed by atoms with van der Waals surface area (Å²) in [6.07, 6.45) is -1.69. The summed E-state index contributed by atoms with van der Waals surface area (Å²) in [4.78, 5) is 0. The van der Waals surface area contributed by atoms with E-state index in [1.54, 1.807) is 10.9 Å². The van der Waals surface area contributed by atoms with Gasteiger partial charge in [0.25, 0.3) is 0 Å². The second-order valence-electron chi connectivity index (χ2n) is 4.89. The van der Waals surface area contributed by atoms with E-state index in [1.165, 1.54) is 12.1 Å². The minimum Gasteiger partial charge on any atom is -0.305 e. The van der Waals surface area contributed by atoms with Gasteiger partial charge < -0.3 is 5.32 Å². The molecule has 1 N–H and O–H groups in total. The summed E-state index contributed by atoms with van der Waals surface area (Å²) in [6.45, 7) is 2.82. The summed E-state index contributed by atoms with van der Waals surface area (Å²) in [6, 6.07) is 6.97. The SMILES string of the molecule is CCCNC(c1ccc(C(F)(F)F)cc1)c1ccnn1C. The fourth-order valence-corrected chi connectivity index (χ4v) is 2.21. The number of hydrogen-bond donors (Lipinski definition) is 1. The summed E-state index contributed by atoms with van der Waals surface area (Å²) in [7, 11) is 1.82. The average Bonchev–Trinajstić information content (AvgIpc) is 2.85. The Morgan fingerprint density at radius 1 is 1.19 bits per heavy atom. The molecule has 2 aromatic rings. The number of nitrogens with zero attached hydrogens (tertiary/aromatic N) is 2. The number of benzene rings is 1. The van der Waals surface area contributed by atoms with Gasteiger partial charge in [0.2, 0.25) is 0 Å². The van der Waals surface area contributed by atoms with Crippen LogP contribution in [0.15, 0.2) is 36.5 Å². The van der Waals surface area contributed by atoms with E-state index in [2.05, 4.69) is 10.4 Å². The van der Waals surface area contributed by atoms with Crippen LogP contribution in [0.5, 0.6) is 0 Å². The molecule has 0 saturated carbocycles. The number of aryl methyl sites for hydroxylation is 1. The molecule has 0 bridgehead atoms. The molecule has 0 aliphatic carbocycles. The Hall–Kier alpha value is -1.82. The monoisotopic (exact) mass is 297 g/mol. The number of aromatic nitrogens is 2. The molecule has 0 aliphatic rings. The van der Waals surface area contributed by atoms with E-state index in [9.17, 15) is 13.2 Å². The first-order valence-corrected chi connectivity index (χ1v) is 6.82. The molecule has 0 saturated heterocycles. The summed E-state index contributed by atoms with van der Waals surface area (Å²) in [5.74, 6) is 0. The molecule has 114 valence electrons. The molecule has 0 radical (unpaired) electrons. The molecule has 0 amide bonds. The first-order valence-electron chi connectivity index (χ1n) is 6.82. The molecule has 21 heavy (non-hydrogen) atoms. The normalized spacial score (nSPS) is 13.4. The highest BCUT2D eigenvalue weighted by Gasteiger charge is 2.30. The fourth-order valence-electron chi connectivity index (χ4n) is 2.21. The van der Waals surface area contributed by atoms with Gasteiger partial charge in [-0.2, -0.15) is 18.3 Å². The molecule has 0 fully saturated rings. The predicted octanol–water partition coefficient (Wildman–Crippen LogP) is 3.53. The molecular weight excluding hydrogens is 279 g/mol. The minimum atomic E-state index is -4.31. The molecule has 1 aromatic heterocycles.